The summed E-state index contributed by atoms with van der Waals surface area (Å²) in [6, 6.07) is 6.00. The number of nitrogens with zero attached hydrogens (tertiary/aromatic N) is 3. The van der Waals surface area contributed by atoms with Crippen molar-refractivity contribution in [2.24, 2.45) is 5.92 Å². The van der Waals surface area contributed by atoms with E-state index in [4.69, 9.17) is 11.0 Å². The van der Waals surface area contributed by atoms with E-state index in [1.165, 1.54) is 0 Å². The number of anilines is 1. The molecule has 1 aromatic heterocycles. The number of nitrogens with two attached hydrogens (primary N) is 1. The van der Waals surface area contributed by atoms with Gasteiger partial charge in [0.2, 0.25) is 0 Å². The SMILES string of the molecule is CC(C#N)CN(C)Cc1ccnc(N)c1. The van der Waals surface area contributed by atoms with Crippen LogP contribution in [-0.4, -0.2) is 23.5 Å². The second-order valence-electron chi connectivity index (χ2n) is 3.82. The molecule has 1 aromatic rings. The van der Waals surface area contributed by atoms with Crippen molar-refractivity contribution >= 4 is 5.82 Å². The van der Waals surface area contributed by atoms with Crippen LogP contribution in [0.1, 0.15) is 12.5 Å². The highest BCUT2D eigenvalue weighted by Gasteiger charge is 2.05. The maximum Gasteiger partial charge on any atom is 0.123 e. The molecule has 0 amide bonds. The minimum absolute atomic E-state index is 0.0502. The van der Waals surface area contributed by atoms with Crippen molar-refractivity contribution in [3.63, 3.8) is 0 Å². The Kier molecular flexibility index (Phi) is 4.07. The fourth-order valence-corrected chi connectivity index (χ4v) is 1.48. The molecule has 80 valence electrons. The van der Waals surface area contributed by atoms with Gasteiger partial charge in [0.1, 0.15) is 5.82 Å². The molecule has 0 bridgehead atoms. The summed E-state index contributed by atoms with van der Waals surface area (Å²) in [4.78, 5) is 6.03. The first-order valence-corrected chi connectivity index (χ1v) is 4.90. The zero-order chi connectivity index (χ0) is 11.3. The molecule has 0 aliphatic carbocycles. The van der Waals surface area contributed by atoms with Crippen LogP contribution in [-0.2, 0) is 6.54 Å². The van der Waals surface area contributed by atoms with Crippen LogP contribution in [0.5, 0.6) is 0 Å². The Morgan fingerprint density at radius 2 is 2.40 bits per heavy atom. The molecule has 2 N–H and O–H groups in total. The van der Waals surface area contributed by atoms with Crippen LogP contribution in [0.25, 0.3) is 0 Å². The molecule has 0 spiro atoms. The maximum absolute atomic E-state index is 8.69. The van der Waals surface area contributed by atoms with Gasteiger partial charge in [-0.15, -0.1) is 0 Å². The molecule has 0 saturated heterocycles. The van der Waals surface area contributed by atoms with Gasteiger partial charge in [0.05, 0.1) is 12.0 Å². The van der Waals surface area contributed by atoms with Crippen LogP contribution in [0, 0.1) is 17.2 Å². The zero-order valence-corrected chi connectivity index (χ0v) is 9.14. The quantitative estimate of drug-likeness (QED) is 0.801. The Morgan fingerprint density at radius 1 is 1.67 bits per heavy atom. The van der Waals surface area contributed by atoms with E-state index in [1.807, 2.05) is 26.1 Å². The fraction of sp³-hybridized carbons (Fsp3) is 0.455. The number of aromatic nitrogens is 1. The van der Waals surface area contributed by atoms with Crippen molar-refractivity contribution in [2.45, 2.75) is 13.5 Å². The molecule has 0 fully saturated rings. The molecule has 1 heterocycles. The highest BCUT2D eigenvalue weighted by atomic mass is 15.1. The lowest BCUT2D eigenvalue weighted by Gasteiger charge is -2.17. The molecule has 4 nitrogen and oxygen atoms in total. The van der Waals surface area contributed by atoms with Crippen molar-refractivity contribution in [1.29, 1.82) is 5.26 Å². The Bertz CT molecular complexity index is 356. The van der Waals surface area contributed by atoms with Crippen LogP contribution in [0.15, 0.2) is 18.3 Å². The van der Waals surface area contributed by atoms with Gasteiger partial charge in [0.15, 0.2) is 0 Å². The number of rotatable bonds is 4. The molecule has 1 atom stereocenters. The number of nitrogen functional groups attached to an aromatic ring is 1. The monoisotopic (exact) mass is 204 g/mol. The first kappa shape index (κ1) is 11.5. The van der Waals surface area contributed by atoms with Crippen molar-refractivity contribution in [1.82, 2.24) is 9.88 Å². The molecule has 15 heavy (non-hydrogen) atoms. The molecular formula is C11H16N4. The zero-order valence-electron chi connectivity index (χ0n) is 9.14. The minimum atomic E-state index is 0.0502. The molecule has 0 aromatic carbocycles. The van der Waals surface area contributed by atoms with E-state index < -0.39 is 0 Å². The highest BCUT2D eigenvalue weighted by Crippen LogP contribution is 2.07. The van der Waals surface area contributed by atoms with E-state index >= 15 is 0 Å². The van der Waals surface area contributed by atoms with Crippen LogP contribution in [0.2, 0.25) is 0 Å². The molecule has 0 radical (unpaired) electrons. The third-order valence-electron chi connectivity index (χ3n) is 2.10. The summed E-state index contributed by atoms with van der Waals surface area (Å²) in [6.45, 7) is 3.47. The standard InChI is InChI=1S/C11H16N4/c1-9(6-12)7-15(2)8-10-3-4-14-11(13)5-10/h3-5,9H,7-8H2,1-2H3,(H2,13,14). The summed E-state index contributed by atoms with van der Waals surface area (Å²) in [5.74, 6) is 0.586. The second kappa shape index (κ2) is 5.32. The Morgan fingerprint density at radius 3 is 3.00 bits per heavy atom. The van der Waals surface area contributed by atoms with E-state index in [0.29, 0.717) is 5.82 Å². The van der Waals surface area contributed by atoms with Crippen LogP contribution in [0.4, 0.5) is 5.82 Å². The second-order valence-corrected chi connectivity index (χ2v) is 3.82. The van der Waals surface area contributed by atoms with Gasteiger partial charge < -0.3 is 10.6 Å². The summed E-state index contributed by atoms with van der Waals surface area (Å²) in [6.07, 6.45) is 1.70. The summed E-state index contributed by atoms with van der Waals surface area (Å²) >= 11 is 0. The average Bonchev–Trinajstić information content (AvgIpc) is 2.17. The van der Waals surface area contributed by atoms with Crippen molar-refractivity contribution in [3.05, 3.63) is 23.9 Å². The van der Waals surface area contributed by atoms with E-state index in [9.17, 15) is 0 Å². The number of pyridine rings is 1. The third kappa shape index (κ3) is 3.96. The van der Waals surface area contributed by atoms with Gasteiger partial charge in [-0.2, -0.15) is 5.26 Å². The molecule has 0 aliphatic rings. The maximum atomic E-state index is 8.69. The predicted molar refractivity (Wildman–Crippen MR) is 59.8 cm³/mol. The van der Waals surface area contributed by atoms with Gasteiger partial charge in [-0.05, 0) is 31.7 Å². The Hall–Kier alpha value is -1.60. The summed E-state index contributed by atoms with van der Waals surface area (Å²) in [5, 5.41) is 8.69. The van der Waals surface area contributed by atoms with Gasteiger partial charge >= 0.3 is 0 Å². The number of hydrogen-bond donors (Lipinski definition) is 1. The molecule has 1 rings (SSSR count). The normalized spacial score (nSPS) is 12.4. The molecule has 1 unspecified atom stereocenters. The largest absolute Gasteiger partial charge is 0.384 e. The smallest absolute Gasteiger partial charge is 0.123 e. The van der Waals surface area contributed by atoms with Gasteiger partial charge in [-0.1, -0.05) is 0 Å². The topological polar surface area (TPSA) is 65.9 Å². The van der Waals surface area contributed by atoms with Crippen molar-refractivity contribution in [2.75, 3.05) is 19.3 Å². The van der Waals surface area contributed by atoms with E-state index in [1.54, 1.807) is 6.20 Å². The summed E-state index contributed by atoms with van der Waals surface area (Å²) in [5.41, 5.74) is 6.70. The van der Waals surface area contributed by atoms with E-state index in [-0.39, 0.29) is 5.92 Å². The fourth-order valence-electron chi connectivity index (χ4n) is 1.48. The lowest BCUT2D eigenvalue weighted by Crippen LogP contribution is -2.23. The van der Waals surface area contributed by atoms with Crippen molar-refractivity contribution < 1.29 is 0 Å². The lowest BCUT2D eigenvalue weighted by atomic mass is 10.2. The molecule has 0 saturated carbocycles. The van der Waals surface area contributed by atoms with Crippen LogP contribution >= 0.6 is 0 Å². The molecule has 0 aliphatic heterocycles. The van der Waals surface area contributed by atoms with Crippen molar-refractivity contribution in [3.8, 4) is 6.07 Å². The van der Waals surface area contributed by atoms with Crippen LogP contribution < -0.4 is 5.73 Å². The predicted octanol–water partition coefficient (Wildman–Crippen LogP) is 1.26. The van der Waals surface area contributed by atoms with Gasteiger partial charge in [0, 0.05) is 19.3 Å². The van der Waals surface area contributed by atoms with Gasteiger partial charge in [-0.25, -0.2) is 4.98 Å². The summed E-state index contributed by atoms with van der Waals surface area (Å²) in [7, 11) is 1.99. The van der Waals surface area contributed by atoms with E-state index in [0.717, 1.165) is 18.7 Å². The number of nitriles is 1. The first-order valence-electron chi connectivity index (χ1n) is 4.90. The Labute approximate surface area is 90.3 Å². The first-order chi connectivity index (χ1) is 7.11. The van der Waals surface area contributed by atoms with Gasteiger partial charge in [0.25, 0.3) is 0 Å². The highest BCUT2D eigenvalue weighted by molar-refractivity contribution is 5.31. The van der Waals surface area contributed by atoms with Crippen LogP contribution in [0.3, 0.4) is 0 Å². The molecule has 4 heteroatoms. The van der Waals surface area contributed by atoms with Gasteiger partial charge in [-0.3, -0.25) is 0 Å². The summed E-state index contributed by atoms with van der Waals surface area (Å²) < 4.78 is 0. The molecular weight excluding hydrogens is 188 g/mol. The third-order valence-corrected chi connectivity index (χ3v) is 2.10. The average molecular weight is 204 g/mol. The Balaban J connectivity index is 2.52. The lowest BCUT2D eigenvalue weighted by molar-refractivity contribution is 0.303. The number of hydrogen-bond acceptors (Lipinski definition) is 4. The van der Waals surface area contributed by atoms with E-state index in [2.05, 4.69) is 16.0 Å². The minimum Gasteiger partial charge on any atom is -0.384 e.